The number of aromatic hydroxyl groups is 1. The van der Waals surface area contributed by atoms with Gasteiger partial charge in [-0.25, -0.2) is 8.78 Å². The fourth-order valence-electron chi connectivity index (χ4n) is 1.33. The highest BCUT2D eigenvalue weighted by molar-refractivity contribution is 5.69. The van der Waals surface area contributed by atoms with Gasteiger partial charge in [0.2, 0.25) is 0 Å². The topological polar surface area (TPSA) is 46.5 Å². The molecule has 0 aromatic heterocycles. The van der Waals surface area contributed by atoms with Gasteiger partial charge in [-0.1, -0.05) is 12.1 Å². The number of rotatable bonds is 4. The summed E-state index contributed by atoms with van der Waals surface area (Å²) in [5.41, 5.74) is -0.0921. The van der Waals surface area contributed by atoms with E-state index in [0.29, 0.717) is 5.56 Å². The van der Waals surface area contributed by atoms with Crippen LogP contribution in [-0.4, -0.2) is 18.2 Å². The molecule has 0 saturated carbocycles. The molecule has 0 unspecified atom stereocenters. The normalized spacial score (nSPS) is 10.5. The van der Waals surface area contributed by atoms with Crippen LogP contribution < -0.4 is 0 Å². The molecule has 0 radical (unpaired) electrons. The Hall–Kier alpha value is -1.65. The third-order valence-corrected chi connectivity index (χ3v) is 2.21. The van der Waals surface area contributed by atoms with Crippen LogP contribution in [-0.2, 0) is 16.0 Å². The first-order valence-electron chi connectivity index (χ1n) is 4.72. The largest absolute Gasteiger partial charge is 0.507 e. The molecule has 1 aromatic carbocycles. The van der Waals surface area contributed by atoms with Gasteiger partial charge in [-0.05, 0) is 18.1 Å². The minimum Gasteiger partial charge on any atom is -0.507 e. The highest BCUT2D eigenvalue weighted by atomic mass is 19.3. The molecule has 0 saturated heterocycles. The van der Waals surface area contributed by atoms with Crippen LogP contribution in [0.3, 0.4) is 0 Å². The lowest BCUT2D eigenvalue weighted by Crippen LogP contribution is -2.02. The molecule has 1 aromatic rings. The summed E-state index contributed by atoms with van der Waals surface area (Å²) in [6.45, 7) is 0. The number of alkyl halides is 2. The SMILES string of the molecule is COC(=O)CCc1cccc(C(F)F)c1O. The van der Waals surface area contributed by atoms with Gasteiger partial charge in [-0.3, -0.25) is 4.79 Å². The number of hydrogen-bond donors (Lipinski definition) is 1. The molecule has 0 spiro atoms. The fraction of sp³-hybridized carbons (Fsp3) is 0.364. The lowest BCUT2D eigenvalue weighted by Gasteiger charge is -2.08. The molecule has 1 N–H and O–H groups in total. The molecular weight excluding hydrogens is 218 g/mol. The van der Waals surface area contributed by atoms with Crippen molar-refractivity contribution in [3.63, 3.8) is 0 Å². The number of aryl methyl sites for hydroxylation is 1. The average Bonchev–Trinajstić information content (AvgIpc) is 2.26. The number of phenols is 1. The van der Waals surface area contributed by atoms with E-state index in [9.17, 15) is 18.7 Å². The van der Waals surface area contributed by atoms with Crippen molar-refractivity contribution in [2.24, 2.45) is 0 Å². The van der Waals surface area contributed by atoms with Crippen LogP contribution >= 0.6 is 0 Å². The maximum Gasteiger partial charge on any atom is 0.305 e. The Morgan fingerprint density at radius 1 is 1.50 bits per heavy atom. The maximum atomic E-state index is 12.4. The number of carbonyl (C=O) groups is 1. The van der Waals surface area contributed by atoms with Gasteiger partial charge in [-0.2, -0.15) is 0 Å². The third-order valence-electron chi connectivity index (χ3n) is 2.21. The number of methoxy groups -OCH3 is 1. The summed E-state index contributed by atoms with van der Waals surface area (Å²) in [6.07, 6.45) is -2.49. The van der Waals surface area contributed by atoms with E-state index >= 15 is 0 Å². The second-order valence-electron chi connectivity index (χ2n) is 3.23. The summed E-state index contributed by atoms with van der Waals surface area (Å²) in [7, 11) is 1.25. The van der Waals surface area contributed by atoms with Crippen molar-refractivity contribution in [3.8, 4) is 5.75 Å². The Morgan fingerprint density at radius 3 is 2.75 bits per heavy atom. The van der Waals surface area contributed by atoms with Gasteiger partial charge >= 0.3 is 5.97 Å². The molecule has 1 rings (SSSR count). The molecule has 0 bridgehead atoms. The molecule has 0 atom stereocenters. The summed E-state index contributed by atoms with van der Waals surface area (Å²) in [6, 6.07) is 4.08. The molecule has 0 aliphatic carbocycles. The van der Waals surface area contributed by atoms with Crippen molar-refractivity contribution < 1.29 is 23.4 Å². The minimum absolute atomic E-state index is 0.0523. The molecule has 0 fully saturated rings. The van der Waals surface area contributed by atoms with E-state index in [1.807, 2.05) is 0 Å². The van der Waals surface area contributed by atoms with Gasteiger partial charge < -0.3 is 9.84 Å². The predicted octanol–water partition coefficient (Wildman–Crippen LogP) is 2.44. The van der Waals surface area contributed by atoms with Crippen molar-refractivity contribution in [1.29, 1.82) is 0 Å². The smallest absolute Gasteiger partial charge is 0.305 e. The van der Waals surface area contributed by atoms with Crippen LogP contribution in [0.4, 0.5) is 8.78 Å². The van der Waals surface area contributed by atoms with E-state index < -0.39 is 23.7 Å². The van der Waals surface area contributed by atoms with E-state index in [4.69, 9.17) is 0 Å². The second kappa shape index (κ2) is 5.44. The summed E-state index contributed by atoms with van der Waals surface area (Å²) in [4.78, 5) is 10.9. The van der Waals surface area contributed by atoms with Gasteiger partial charge in [0.1, 0.15) is 5.75 Å². The molecule has 0 heterocycles. The fourth-order valence-corrected chi connectivity index (χ4v) is 1.33. The highest BCUT2D eigenvalue weighted by Crippen LogP contribution is 2.31. The molecule has 0 amide bonds. The summed E-state index contributed by atoms with van der Waals surface area (Å²) in [5.74, 6) is -0.886. The third kappa shape index (κ3) is 2.92. The molecule has 16 heavy (non-hydrogen) atoms. The summed E-state index contributed by atoms with van der Waals surface area (Å²) < 4.78 is 29.3. The van der Waals surface area contributed by atoms with Gasteiger partial charge in [0.15, 0.2) is 0 Å². The maximum absolute atomic E-state index is 12.4. The van der Waals surface area contributed by atoms with Crippen LogP contribution in [0.2, 0.25) is 0 Å². The second-order valence-corrected chi connectivity index (χ2v) is 3.23. The lowest BCUT2D eigenvalue weighted by molar-refractivity contribution is -0.140. The van der Waals surface area contributed by atoms with Gasteiger partial charge in [-0.15, -0.1) is 0 Å². The van der Waals surface area contributed by atoms with E-state index in [1.54, 1.807) is 0 Å². The van der Waals surface area contributed by atoms with E-state index in [0.717, 1.165) is 6.07 Å². The minimum atomic E-state index is -2.72. The number of para-hydroxylation sites is 1. The number of hydrogen-bond acceptors (Lipinski definition) is 3. The summed E-state index contributed by atoms with van der Waals surface area (Å²) in [5, 5.41) is 9.51. The molecule has 0 aliphatic rings. The zero-order valence-corrected chi connectivity index (χ0v) is 8.74. The average molecular weight is 230 g/mol. The Balaban J connectivity index is 2.81. The number of halogens is 2. The molecule has 5 heteroatoms. The predicted molar refractivity (Wildman–Crippen MR) is 53.4 cm³/mol. The first kappa shape index (κ1) is 12.4. The zero-order chi connectivity index (χ0) is 12.1. The van der Waals surface area contributed by atoms with Crippen LogP contribution in [0, 0.1) is 0 Å². The monoisotopic (exact) mass is 230 g/mol. The highest BCUT2D eigenvalue weighted by Gasteiger charge is 2.15. The first-order chi connectivity index (χ1) is 7.56. The van der Waals surface area contributed by atoms with Crippen LogP contribution in [0.15, 0.2) is 18.2 Å². The van der Waals surface area contributed by atoms with E-state index in [2.05, 4.69) is 4.74 Å². The Bertz CT molecular complexity index is 377. The Morgan fingerprint density at radius 2 is 2.19 bits per heavy atom. The van der Waals surface area contributed by atoms with Crippen molar-refractivity contribution in [2.75, 3.05) is 7.11 Å². The van der Waals surface area contributed by atoms with Gasteiger partial charge in [0, 0.05) is 6.42 Å². The van der Waals surface area contributed by atoms with Crippen LogP contribution in [0.5, 0.6) is 5.75 Å². The summed E-state index contributed by atoms with van der Waals surface area (Å²) >= 11 is 0. The Labute approximate surface area is 91.7 Å². The van der Waals surface area contributed by atoms with E-state index in [-0.39, 0.29) is 12.8 Å². The van der Waals surface area contributed by atoms with E-state index in [1.165, 1.54) is 19.2 Å². The number of phenolic OH excluding ortho intramolecular Hbond substituents is 1. The number of ether oxygens (including phenoxy) is 1. The van der Waals surface area contributed by atoms with Crippen molar-refractivity contribution in [1.82, 2.24) is 0 Å². The number of carbonyl (C=O) groups excluding carboxylic acids is 1. The standard InChI is InChI=1S/C11H12F2O3/c1-16-9(14)6-5-7-3-2-4-8(10(7)15)11(12)13/h2-4,11,15H,5-6H2,1H3. The van der Waals surface area contributed by atoms with Crippen molar-refractivity contribution in [2.45, 2.75) is 19.3 Å². The quantitative estimate of drug-likeness (QED) is 0.808. The molecule has 3 nitrogen and oxygen atoms in total. The number of esters is 1. The zero-order valence-electron chi connectivity index (χ0n) is 8.74. The van der Waals surface area contributed by atoms with Crippen LogP contribution in [0.25, 0.3) is 0 Å². The van der Waals surface area contributed by atoms with Crippen molar-refractivity contribution in [3.05, 3.63) is 29.3 Å². The molecule has 88 valence electrons. The molecular formula is C11H12F2O3. The van der Waals surface area contributed by atoms with Gasteiger partial charge in [0.05, 0.1) is 12.7 Å². The van der Waals surface area contributed by atoms with Crippen LogP contribution in [0.1, 0.15) is 24.0 Å². The number of benzene rings is 1. The van der Waals surface area contributed by atoms with Gasteiger partial charge in [0.25, 0.3) is 6.43 Å². The first-order valence-corrected chi connectivity index (χ1v) is 4.72. The lowest BCUT2D eigenvalue weighted by atomic mass is 10.0. The van der Waals surface area contributed by atoms with Crippen molar-refractivity contribution >= 4 is 5.97 Å². The Kier molecular flexibility index (Phi) is 4.22. The molecule has 0 aliphatic heterocycles.